The summed E-state index contributed by atoms with van der Waals surface area (Å²) in [6.45, 7) is 0.729. The highest BCUT2D eigenvalue weighted by atomic mass is 19.1. The Kier molecular flexibility index (Phi) is 5.07. The second-order valence-electron chi connectivity index (χ2n) is 7.41. The fraction of sp³-hybridized carbons (Fsp3) is 0.429. The van der Waals surface area contributed by atoms with Gasteiger partial charge < -0.3 is 5.32 Å². The summed E-state index contributed by atoms with van der Waals surface area (Å²) >= 11 is 0. The van der Waals surface area contributed by atoms with Gasteiger partial charge in [-0.2, -0.15) is 5.10 Å². The predicted octanol–water partition coefficient (Wildman–Crippen LogP) is 3.28. The Bertz CT molecular complexity index is 842. The summed E-state index contributed by atoms with van der Waals surface area (Å²) in [7, 11) is 1.86. The van der Waals surface area contributed by atoms with Crippen molar-refractivity contribution < 1.29 is 9.18 Å². The topological polar surface area (TPSA) is 50.2 Å². The first kappa shape index (κ1) is 17.9. The highest BCUT2D eigenvalue weighted by Gasteiger charge is 2.32. The second kappa shape index (κ2) is 7.64. The van der Waals surface area contributed by atoms with Gasteiger partial charge in [-0.05, 0) is 55.4 Å². The predicted molar refractivity (Wildman–Crippen MR) is 104 cm³/mol. The maximum absolute atomic E-state index is 13.1. The number of hydrogen-bond donors (Lipinski definition) is 1. The number of nitrogens with zero attached hydrogens (tertiary/aromatic N) is 3. The van der Waals surface area contributed by atoms with Crippen molar-refractivity contribution in [3.05, 3.63) is 54.0 Å². The van der Waals surface area contributed by atoms with Crippen LogP contribution in [0.2, 0.25) is 0 Å². The van der Waals surface area contributed by atoms with Crippen LogP contribution in [-0.2, 0) is 11.8 Å². The summed E-state index contributed by atoms with van der Waals surface area (Å²) in [5.74, 6) is 0.646. The van der Waals surface area contributed by atoms with Crippen molar-refractivity contribution >= 4 is 17.3 Å². The summed E-state index contributed by atoms with van der Waals surface area (Å²) in [5.41, 5.74) is 2.35. The molecule has 1 fully saturated rings. The number of allylic oxidation sites excluding steroid dienone is 1. The monoisotopic (exact) mass is 368 g/mol. The average molecular weight is 368 g/mol. The third-order valence-corrected chi connectivity index (χ3v) is 5.48. The van der Waals surface area contributed by atoms with Gasteiger partial charge in [0.2, 0.25) is 5.91 Å². The first-order valence-corrected chi connectivity index (χ1v) is 9.62. The lowest BCUT2D eigenvalue weighted by atomic mass is 9.90. The van der Waals surface area contributed by atoms with Gasteiger partial charge in [-0.25, -0.2) is 4.39 Å². The van der Waals surface area contributed by atoms with Crippen molar-refractivity contribution in [3.8, 4) is 0 Å². The van der Waals surface area contributed by atoms with Crippen LogP contribution in [0.3, 0.4) is 0 Å². The molecule has 1 aromatic heterocycles. The smallest absolute Gasteiger partial charge is 0.245 e. The van der Waals surface area contributed by atoms with Crippen molar-refractivity contribution in [1.29, 1.82) is 0 Å². The zero-order chi connectivity index (χ0) is 18.8. The standard InChI is InChI=1S/C21H25FN4O/c1-25-14-12-20(24-25)26-13-2-3-19(21(26)27)23-18-10-6-16(7-11-18)15-4-8-17(22)9-5-15/h4-6,8-9,12,14,18-19,23H,2-3,7,10-11,13H2,1H3. The minimum absolute atomic E-state index is 0.119. The Hall–Kier alpha value is -2.47. The molecule has 5 nitrogen and oxygen atoms in total. The van der Waals surface area contributed by atoms with E-state index < -0.39 is 0 Å². The fourth-order valence-corrected chi connectivity index (χ4v) is 4.00. The number of hydrogen-bond acceptors (Lipinski definition) is 3. The summed E-state index contributed by atoms with van der Waals surface area (Å²) in [4.78, 5) is 14.7. The summed E-state index contributed by atoms with van der Waals surface area (Å²) in [6, 6.07) is 8.73. The first-order valence-electron chi connectivity index (χ1n) is 9.62. The van der Waals surface area contributed by atoms with Crippen molar-refractivity contribution in [3.63, 3.8) is 0 Å². The minimum atomic E-state index is -0.206. The quantitative estimate of drug-likeness (QED) is 0.901. The van der Waals surface area contributed by atoms with Crippen molar-refractivity contribution in [2.45, 2.75) is 44.2 Å². The van der Waals surface area contributed by atoms with Crippen molar-refractivity contribution in [1.82, 2.24) is 15.1 Å². The van der Waals surface area contributed by atoms with E-state index in [-0.39, 0.29) is 17.8 Å². The number of aromatic nitrogens is 2. The van der Waals surface area contributed by atoms with Crippen LogP contribution < -0.4 is 10.2 Å². The Morgan fingerprint density at radius 3 is 2.67 bits per heavy atom. The fourth-order valence-electron chi connectivity index (χ4n) is 4.00. The third kappa shape index (κ3) is 3.95. The number of carbonyl (C=O) groups is 1. The van der Waals surface area contributed by atoms with E-state index in [2.05, 4.69) is 16.5 Å². The number of anilines is 1. The molecular weight excluding hydrogens is 343 g/mol. The molecule has 0 spiro atoms. The van der Waals surface area contributed by atoms with Crippen LogP contribution in [0.15, 0.2) is 42.6 Å². The maximum atomic E-state index is 13.1. The van der Waals surface area contributed by atoms with Gasteiger partial charge in [0, 0.05) is 31.9 Å². The van der Waals surface area contributed by atoms with Crippen molar-refractivity contribution in [2.24, 2.45) is 7.05 Å². The Morgan fingerprint density at radius 2 is 2.00 bits per heavy atom. The van der Waals surface area contributed by atoms with Crippen LogP contribution >= 0.6 is 0 Å². The van der Waals surface area contributed by atoms with E-state index >= 15 is 0 Å². The summed E-state index contributed by atoms with van der Waals surface area (Å²) in [6.07, 6.45) is 8.74. The van der Waals surface area contributed by atoms with E-state index in [0.29, 0.717) is 6.04 Å². The molecule has 2 heterocycles. The lowest BCUT2D eigenvalue weighted by molar-refractivity contribution is -0.122. The Morgan fingerprint density at radius 1 is 1.19 bits per heavy atom. The maximum Gasteiger partial charge on any atom is 0.245 e. The molecule has 2 aromatic rings. The van der Waals surface area contributed by atoms with Crippen LogP contribution in [0.1, 0.15) is 37.7 Å². The van der Waals surface area contributed by atoms with Crippen LogP contribution in [0, 0.1) is 5.82 Å². The normalized spacial score (nSPS) is 23.4. The third-order valence-electron chi connectivity index (χ3n) is 5.48. The number of aryl methyl sites for hydroxylation is 1. The zero-order valence-electron chi connectivity index (χ0n) is 15.6. The van der Waals surface area contributed by atoms with Gasteiger partial charge in [0.1, 0.15) is 5.82 Å². The van der Waals surface area contributed by atoms with Gasteiger partial charge in [-0.15, -0.1) is 0 Å². The van der Waals surface area contributed by atoms with E-state index in [4.69, 9.17) is 0 Å². The molecule has 4 rings (SSSR count). The Balaban J connectivity index is 1.38. The molecule has 2 atom stereocenters. The van der Waals surface area contributed by atoms with E-state index in [0.717, 1.165) is 50.0 Å². The number of benzene rings is 1. The van der Waals surface area contributed by atoms with Crippen LogP contribution in [-0.4, -0.2) is 34.3 Å². The molecule has 27 heavy (non-hydrogen) atoms. The van der Waals surface area contributed by atoms with Gasteiger partial charge in [-0.3, -0.25) is 14.4 Å². The van der Waals surface area contributed by atoms with Crippen molar-refractivity contribution in [2.75, 3.05) is 11.4 Å². The Labute approximate surface area is 158 Å². The van der Waals surface area contributed by atoms with Gasteiger partial charge in [0.15, 0.2) is 5.82 Å². The SMILES string of the molecule is Cn1ccc(N2CCCC(NC3CC=C(c4ccc(F)cc4)CC3)C2=O)n1. The summed E-state index contributed by atoms with van der Waals surface area (Å²) in [5, 5.41) is 7.94. The van der Waals surface area contributed by atoms with Crippen LogP contribution in [0.5, 0.6) is 0 Å². The number of carbonyl (C=O) groups excluding carboxylic acids is 1. The number of piperidine rings is 1. The van der Waals surface area contributed by atoms with Gasteiger partial charge in [0.25, 0.3) is 0 Å². The van der Waals surface area contributed by atoms with Gasteiger partial charge in [-0.1, -0.05) is 18.2 Å². The number of halogens is 1. The highest BCUT2D eigenvalue weighted by molar-refractivity contribution is 5.97. The number of rotatable bonds is 4. The molecule has 1 N–H and O–H groups in total. The number of amides is 1. The molecule has 1 aliphatic carbocycles. The molecule has 1 aromatic carbocycles. The number of nitrogens with one attached hydrogen (secondary N) is 1. The van der Waals surface area contributed by atoms with E-state index in [1.165, 1.54) is 17.7 Å². The van der Waals surface area contributed by atoms with Crippen LogP contribution in [0.25, 0.3) is 5.57 Å². The molecular formula is C21H25FN4O. The average Bonchev–Trinajstić information content (AvgIpc) is 3.11. The zero-order valence-corrected chi connectivity index (χ0v) is 15.6. The van der Waals surface area contributed by atoms with Crippen LogP contribution in [0.4, 0.5) is 10.2 Å². The molecule has 1 saturated heterocycles. The molecule has 2 aliphatic rings. The highest BCUT2D eigenvalue weighted by Crippen LogP contribution is 2.28. The largest absolute Gasteiger partial charge is 0.303 e. The molecule has 0 radical (unpaired) electrons. The first-order chi connectivity index (χ1) is 13.1. The molecule has 1 amide bonds. The van der Waals surface area contributed by atoms with E-state index in [1.54, 1.807) is 9.58 Å². The molecule has 142 valence electrons. The molecule has 2 unspecified atom stereocenters. The van der Waals surface area contributed by atoms with E-state index in [1.807, 2.05) is 31.4 Å². The lowest BCUT2D eigenvalue weighted by Gasteiger charge is -2.34. The second-order valence-corrected chi connectivity index (χ2v) is 7.41. The molecule has 0 saturated carbocycles. The summed E-state index contributed by atoms with van der Waals surface area (Å²) < 4.78 is 14.8. The molecule has 1 aliphatic heterocycles. The molecule has 0 bridgehead atoms. The minimum Gasteiger partial charge on any atom is -0.303 e. The van der Waals surface area contributed by atoms with Gasteiger partial charge in [0.05, 0.1) is 6.04 Å². The molecule has 6 heteroatoms. The van der Waals surface area contributed by atoms with Gasteiger partial charge >= 0.3 is 0 Å². The van der Waals surface area contributed by atoms with E-state index in [9.17, 15) is 9.18 Å². The lowest BCUT2D eigenvalue weighted by Crippen LogP contribution is -2.53.